The van der Waals surface area contributed by atoms with Gasteiger partial charge in [-0.25, -0.2) is 42.1 Å². The summed E-state index contributed by atoms with van der Waals surface area (Å²) in [5.74, 6) is 1.14. The summed E-state index contributed by atoms with van der Waals surface area (Å²) in [6.07, 6.45) is 11.9. The van der Waals surface area contributed by atoms with Gasteiger partial charge in [-0.1, -0.05) is 0 Å². The predicted molar refractivity (Wildman–Crippen MR) is 255 cm³/mol. The Labute approximate surface area is 388 Å². The molecule has 0 saturated carbocycles. The number of pyridine rings is 2. The van der Waals surface area contributed by atoms with E-state index in [1.54, 1.807) is 49.2 Å². The van der Waals surface area contributed by atoms with Gasteiger partial charge in [0.15, 0.2) is 23.3 Å². The molecule has 0 unspecified atom stereocenters. The Bertz CT molecular complexity index is 2960. The number of aromatic amines is 2. The number of fused-ring (bicyclic) bond motifs is 2. The van der Waals surface area contributed by atoms with E-state index in [4.69, 9.17) is 30.4 Å². The first-order chi connectivity index (χ1) is 31.0. The molecule has 0 radical (unpaired) electrons. The summed E-state index contributed by atoms with van der Waals surface area (Å²) >= 11 is 5.91. The van der Waals surface area contributed by atoms with Gasteiger partial charge in [-0.15, -0.1) is 0 Å². The standard InChI is InChI=1S/C18H21FN6O2S.C13H16BFN2O2.C11H17ClN4O2S/c1-11-10-27-7-6-25(11)15-8-14(24-28(2,3)26)22-18(23-15)16-12-4-5-20-17(12)21-9-13(16)19;1-12(2)13(3,4)19-14(18-12)10-8-5-6-16-11(8)17-7-9(10)15;1-8-7-18-5-4-16(8)10-6-9(13-11(12)14-10)15-19(2,3)17/h4-5,8-9,11H,6-7,10H2,1-3H3,(H,20,21);5-7H,1-4H3,(H,16,17);6,8H,4-5,7H2,1-3H3/t11-;;8-/m1.1/s1. The number of hydrogen-bond donors (Lipinski definition) is 2. The minimum Gasteiger partial charge on any atom is -0.399 e. The molecule has 0 bridgehead atoms. The number of halogens is 3. The molecule has 0 spiro atoms. The van der Waals surface area contributed by atoms with Crippen molar-refractivity contribution in [1.82, 2.24) is 39.9 Å². The van der Waals surface area contributed by atoms with E-state index in [2.05, 4.69) is 65.3 Å². The number of aromatic nitrogens is 8. The molecule has 9 heterocycles. The predicted octanol–water partition coefficient (Wildman–Crippen LogP) is 6.46. The number of nitrogens with zero attached hydrogens (tertiary/aromatic N) is 10. The van der Waals surface area contributed by atoms with Crippen LogP contribution in [0.2, 0.25) is 5.28 Å². The van der Waals surface area contributed by atoms with Crippen molar-refractivity contribution >= 4 is 89.0 Å². The maximum Gasteiger partial charge on any atom is 0.498 e. The average Bonchev–Trinajstić information content (AvgIpc) is 3.94. The average molecular weight is 971 g/mol. The normalized spacial score (nSPS) is 19.6. The van der Waals surface area contributed by atoms with Crippen molar-refractivity contribution in [1.29, 1.82) is 0 Å². The Morgan fingerprint density at radius 3 is 1.76 bits per heavy atom. The minimum absolute atomic E-state index is 0.0894. The molecular weight excluding hydrogens is 917 g/mol. The molecule has 3 saturated heterocycles. The lowest BCUT2D eigenvalue weighted by atomic mass is 9.77. The van der Waals surface area contributed by atoms with E-state index >= 15 is 0 Å². The highest BCUT2D eigenvalue weighted by molar-refractivity contribution is 7.92. The monoisotopic (exact) mass is 970 g/mol. The molecule has 3 fully saturated rings. The minimum atomic E-state index is -2.45. The van der Waals surface area contributed by atoms with Gasteiger partial charge in [-0.05, 0) is 65.3 Å². The molecule has 3 aliphatic heterocycles. The number of nitrogens with one attached hydrogen (secondary N) is 2. The summed E-state index contributed by atoms with van der Waals surface area (Å²) < 4.78 is 83.8. The van der Waals surface area contributed by atoms with Gasteiger partial charge in [0, 0.05) is 98.3 Å². The molecule has 3 aliphatic rings. The molecule has 18 nitrogen and oxygen atoms in total. The van der Waals surface area contributed by atoms with Crippen molar-refractivity contribution in [2.45, 2.75) is 64.8 Å². The van der Waals surface area contributed by atoms with E-state index in [0.717, 1.165) is 12.7 Å². The molecular formula is C42H54BClF2N12O6S2. The van der Waals surface area contributed by atoms with Gasteiger partial charge in [0.05, 0.1) is 67.7 Å². The zero-order valence-electron chi connectivity index (χ0n) is 38.5. The fraction of sp³-hybridized carbons (Fsp3) is 0.476. The van der Waals surface area contributed by atoms with E-state index in [0.29, 0.717) is 78.0 Å². The van der Waals surface area contributed by atoms with Crippen LogP contribution in [0.15, 0.2) is 57.8 Å². The highest BCUT2D eigenvalue weighted by atomic mass is 35.5. The molecule has 24 heteroatoms. The number of H-pyrrole nitrogens is 2. The van der Waals surface area contributed by atoms with Crippen LogP contribution in [-0.4, -0.2) is 143 Å². The second kappa shape index (κ2) is 19.4. The summed E-state index contributed by atoms with van der Waals surface area (Å²) in [6.45, 7) is 15.7. The first-order valence-electron chi connectivity index (χ1n) is 21.0. The summed E-state index contributed by atoms with van der Waals surface area (Å²) in [4.78, 5) is 35.4. The fourth-order valence-corrected chi connectivity index (χ4v) is 8.58. The second-order valence-corrected chi connectivity index (χ2v) is 23.0. The lowest BCUT2D eigenvalue weighted by Gasteiger charge is -2.34. The molecule has 2 N–H and O–H groups in total. The highest BCUT2D eigenvalue weighted by Gasteiger charge is 2.53. The lowest BCUT2D eigenvalue weighted by Crippen LogP contribution is -2.44. The maximum atomic E-state index is 14.7. The third-order valence-corrected chi connectivity index (χ3v) is 12.6. The number of rotatable bonds is 6. The van der Waals surface area contributed by atoms with Crippen molar-refractivity contribution < 1.29 is 36.0 Å². The third kappa shape index (κ3) is 11.4. The van der Waals surface area contributed by atoms with Gasteiger partial charge in [0.25, 0.3) is 0 Å². The topological polar surface area (TPSA) is 211 Å². The zero-order valence-corrected chi connectivity index (χ0v) is 40.9. The van der Waals surface area contributed by atoms with Crippen molar-refractivity contribution in [3.63, 3.8) is 0 Å². The quantitative estimate of drug-likeness (QED) is 0.136. The molecule has 0 aromatic carbocycles. The van der Waals surface area contributed by atoms with Crippen molar-refractivity contribution in [2.24, 2.45) is 8.73 Å². The summed E-state index contributed by atoms with van der Waals surface area (Å²) in [7, 11) is -5.44. The van der Waals surface area contributed by atoms with Gasteiger partial charge in [0.1, 0.15) is 28.7 Å². The van der Waals surface area contributed by atoms with Gasteiger partial charge in [0.2, 0.25) is 5.28 Å². The fourth-order valence-electron chi connectivity index (χ4n) is 7.32. The SMILES string of the molecule is CC1(C)OB(c2c(F)cnc3[nH]ccc23)OC1(C)C.C[C@@H]1COCCN1c1cc(N=S(C)(C)=O)nc(-c2c(F)cnc3[nH]ccc23)n1.C[C@@H]1COCCN1c1cc(N=S(C)(C)=O)nc(Cl)n1. The molecule has 6 aromatic rings. The first-order valence-corrected chi connectivity index (χ1v) is 26.1. The van der Waals surface area contributed by atoms with Gasteiger partial charge < -0.3 is 38.6 Å². The molecule has 0 aliphatic carbocycles. The maximum absolute atomic E-state index is 14.7. The van der Waals surface area contributed by atoms with Crippen LogP contribution in [0.4, 0.5) is 32.1 Å². The summed E-state index contributed by atoms with van der Waals surface area (Å²) in [5, 5.41) is 1.38. The van der Waals surface area contributed by atoms with Gasteiger partial charge >= 0.3 is 7.12 Å². The van der Waals surface area contributed by atoms with Gasteiger partial charge in [-0.3, -0.25) is 0 Å². The van der Waals surface area contributed by atoms with Crippen LogP contribution in [0.1, 0.15) is 41.5 Å². The molecule has 66 heavy (non-hydrogen) atoms. The Morgan fingerprint density at radius 1 is 0.742 bits per heavy atom. The van der Waals surface area contributed by atoms with E-state index in [1.807, 2.05) is 34.6 Å². The van der Waals surface area contributed by atoms with Crippen LogP contribution < -0.4 is 15.3 Å². The van der Waals surface area contributed by atoms with Crippen LogP contribution in [-0.2, 0) is 38.2 Å². The summed E-state index contributed by atoms with van der Waals surface area (Å²) in [6, 6.07) is 7.21. The number of ether oxygens (including phenoxy) is 2. The van der Waals surface area contributed by atoms with Crippen LogP contribution in [0.25, 0.3) is 33.5 Å². The van der Waals surface area contributed by atoms with E-state index in [-0.39, 0.29) is 34.6 Å². The van der Waals surface area contributed by atoms with Crippen molar-refractivity contribution in [3.8, 4) is 11.4 Å². The summed E-state index contributed by atoms with van der Waals surface area (Å²) in [5.41, 5.74) is 0.838. The molecule has 6 aromatic heterocycles. The number of anilines is 2. The Morgan fingerprint density at radius 2 is 1.23 bits per heavy atom. The van der Waals surface area contributed by atoms with Crippen LogP contribution in [0, 0.1) is 11.6 Å². The number of hydrogen-bond acceptors (Lipinski definition) is 16. The Hall–Kier alpha value is -4.91. The lowest BCUT2D eigenvalue weighted by molar-refractivity contribution is 0.00578. The Balaban J connectivity index is 0.000000152. The van der Waals surface area contributed by atoms with Crippen LogP contribution in [0.5, 0.6) is 0 Å². The Kier molecular flexibility index (Phi) is 14.4. The van der Waals surface area contributed by atoms with E-state index < -0.39 is 49.4 Å². The molecule has 9 rings (SSSR count). The van der Waals surface area contributed by atoms with Crippen LogP contribution in [0.3, 0.4) is 0 Å². The highest BCUT2D eigenvalue weighted by Crippen LogP contribution is 2.37. The third-order valence-electron chi connectivity index (χ3n) is 11.2. The largest absolute Gasteiger partial charge is 0.498 e. The van der Waals surface area contributed by atoms with E-state index in [9.17, 15) is 17.2 Å². The van der Waals surface area contributed by atoms with Crippen molar-refractivity contribution in [2.75, 3.05) is 74.3 Å². The number of morpholine rings is 2. The second-order valence-electron chi connectivity index (χ2n) is 17.6. The smallest absolute Gasteiger partial charge is 0.399 e. The zero-order chi connectivity index (χ0) is 47.8. The van der Waals surface area contributed by atoms with Crippen molar-refractivity contribution in [3.05, 3.63) is 66.0 Å². The first kappa shape index (κ1) is 49.0. The molecule has 354 valence electrons. The molecule has 0 amide bonds. The van der Waals surface area contributed by atoms with Gasteiger partial charge in [-0.2, -0.15) is 13.7 Å². The molecule has 2 atom stereocenters. The van der Waals surface area contributed by atoms with Crippen LogP contribution >= 0.6 is 11.6 Å². The van der Waals surface area contributed by atoms with E-state index in [1.165, 1.54) is 18.7 Å².